The van der Waals surface area contributed by atoms with Crippen LogP contribution in [0.5, 0.6) is 0 Å². The van der Waals surface area contributed by atoms with Crippen molar-refractivity contribution in [2.45, 2.75) is 0 Å². The lowest BCUT2D eigenvalue weighted by molar-refractivity contribution is 1.17. The SMILES string of the molecule is Clc1ccc(C2=NNI=N2)cc1. The molecule has 0 radical (unpaired) electrons. The predicted octanol–water partition coefficient (Wildman–Crippen LogP) is 2.67. The first-order chi connectivity index (χ1) is 5.86. The molecule has 1 N–H and O–H groups in total. The maximum atomic E-state index is 5.74. The topological polar surface area (TPSA) is 36.8 Å². The van der Waals surface area contributed by atoms with Gasteiger partial charge in [-0.3, -0.25) is 0 Å². The maximum absolute atomic E-state index is 5.74. The lowest BCUT2D eigenvalue weighted by atomic mass is 10.2. The molecule has 5 heteroatoms. The van der Waals surface area contributed by atoms with Crippen molar-refractivity contribution in [2.24, 2.45) is 8.25 Å². The zero-order chi connectivity index (χ0) is 8.39. The standard InChI is InChI=1S/C7H5ClIN3/c8-6-3-1-5(2-4-6)7-10-9-12-11-7/h1-4H,(H,10,11,12). The summed E-state index contributed by atoms with van der Waals surface area (Å²) >= 11 is 5.45. The van der Waals surface area contributed by atoms with Crippen LogP contribution < -0.4 is 3.64 Å². The van der Waals surface area contributed by atoms with E-state index < -0.39 is 0 Å². The number of hydrogen-bond donors (Lipinski definition) is 1. The molecule has 2 rings (SSSR count). The third kappa shape index (κ3) is 1.64. The summed E-state index contributed by atoms with van der Waals surface area (Å²) in [5, 5.41) is 4.78. The molecule has 0 aromatic heterocycles. The van der Waals surface area contributed by atoms with Crippen molar-refractivity contribution in [3.8, 4) is 0 Å². The molecule has 1 aromatic rings. The van der Waals surface area contributed by atoms with Gasteiger partial charge in [0, 0.05) is 10.6 Å². The van der Waals surface area contributed by atoms with E-state index >= 15 is 0 Å². The van der Waals surface area contributed by atoms with Crippen LogP contribution in [0.4, 0.5) is 0 Å². The van der Waals surface area contributed by atoms with Gasteiger partial charge in [0.25, 0.3) is 0 Å². The summed E-state index contributed by atoms with van der Waals surface area (Å²) < 4.78 is 7.13. The second-order valence-corrected chi connectivity index (χ2v) is 4.08. The molecular weight excluding hydrogens is 288 g/mol. The minimum absolute atomic E-state index is 0.293. The first-order valence-corrected chi connectivity index (χ1v) is 5.71. The van der Waals surface area contributed by atoms with Gasteiger partial charge in [0.15, 0.2) is 5.84 Å². The van der Waals surface area contributed by atoms with Crippen LogP contribution in [0.15, 0.2) is 32.5 Å². The Morgan fingerprint density at radius 2 is 2.00 bits per heavy atom. The van der Waals surface area contributed by atoms with Gasteiger partial charge in [0.1, 0.15) is 21.3 Å². The fourth-order valence-corrected chi connectivity index (χ4v) is 2.03. The van der Waals surface area contributed by atoms with E-state index in [9.17, 15) is 0 Å². The molecule has 0 saturated heterocycles. The average molecular weight is 293 g/mol. The van der Waals surface area contributed by atoms with Gasteiger partial charge in [-0.2, -0.15) is 3.15 Å². The molecule has 62 valence electrons. The van der Waals surface area contributed by atoms with Crippen LogP contribution in [0.1, 0.15) is 5.56 Å². The fourth-order valence-electron chi connectivity index (χ4n) is 0.849. The van der Waals surface area contributed by atoms with Gasteiger partial charge in [0.2, 0.25) is 0 Å². The molecule has 3 nitrogen and oxygen atoms in total. The average Bonchev–Trinajstić information content (AvgIpc) is 2.58. The molecule has 0 spiro atoms. The summed E-state index contributed by atoms with van der Waals surface area (Å²) in [6.07, 6.45) is 0. The third-order valence-corrected chi connectivity index (χ3v) is 2.82. The predicted molar refractivity (Wildman–Crippen MR) is 57.6 cm³/mol. The normalized spacial score (nSPS) is 14.9. The summed E-state index contributed by atoms with van der Waals surface area (Å²) in [5.41, 5.74) is 1.02. The second kappa shape index (κ2) is 3.49. The lowest BCUT2D eigenvalue weighted by Crippen LogP contribution is -1.94. The minimum atomic E-state index is -0.293. The molecule has 1 aliphatic rings. The molecule has 0 saturated carbocycles. The van der Waals surface area contributed by atoms with Gasteiger partial charge < -0.3 is 0 Å². The lowest BCUT2D eigenvalue weighted by Gasteiger charge is -1.94. The number of halogens is 2. The molecular formula is C7H5ClIN3. The molecule has 0 amide bonds. The molecule has 0 fully saturated rings. The number of benzene rings is 1. The Hall–Kier alpha value is -0.490. The Morgan fingerprint density at radius 3 is 2.58 bits per heavy atom. The highest BCUT2D eigenvalue weighted by molar-refractivity contribution is 14.1. The summed E-state index contributed by atoms with van der Waals surface area (Å²) in [6, 6.07) is 7.51. The summed E-state index contributed by atoms with van der Waals surface area (Å²) in [7, 11) is 0. The van der Waals surface area contributed by atoms with Crippen molar-refractivity contribution in [3.63, 3.8) is 0 Å². The number of hydrogen-bond acceptors (Lipinski definition) is 3. The van der Waals surface area contributed by atoms with Crippen molar-refractivity contribution in [1.29, 1.82) is 0 Å². The Labute approximate surface area is 85.3 Å². The van der Waals surface area contributed by atoms with Gasteiger partial charge in [-0.15, -0.1) is 5.10 Å². The van der Waals surface area contributed by atoms with E-state index in [1.54, 1.807) is 0 Å². The Bertz CT molecular complexity index is 344. The molecule has 12 heavy (non-hydrogen) atoms. The largest absolute Gasteiger partial charge is 0.238 e. The van der Waals surface area contributed by atoms with Crippen molar-refractivity contribution >= 4 is 38.7 Å². The monoisotopic (exact) mass is 293 g/mol. The molecule has 0 unspecified atom stereocenters. The molecule has 1 aromatic carbocycles. The number of nitrogens with zero attached hydrogens (tertiary/aromatic N) is 2. The number of rotatable bonds is 1. The zero-order valence-corrected chi connectivity index (χ0v) is 8.87. The van der Waals surface area contributed by atoms with Crippen LogP contribution in [-0.2, 0) is 0 Å². The van der Waals surface area contributed by atoms with E-state index in [1.165, 1.54) is 0 Å². The second-order valence-electron chi connectivity index (χ2n) is 2.20. The Kier molecular flexibility index (Phi) is 2.36. The van der Waals surface area contributed by atoms with E-state index in [2.05, 4.69) is 11.9 Å². The molecule has 1 heterocycles. The highest BCUT2D eigenvalue weighted by Crippen LogP contribution is 2.14. The highest BCUT2D eigenvalue weighted by atomic mass is 127. The summed E-state index contributed by atoms with van der Waals surface area (Å²) in [5.74, 6) is 0.791. The summed E-state index contributed by atoms with van der Waals surface area (Å²) in [4.78, 5) is 0. The minimum Gasteiger partial charge on any atom is -0.238 e. The van der Waals surface area contributed by atoms with Gasteiger partial charge >= 0.3 is 0 Å². The van der Waals surface area contributed by atoms with Crippen LogP contribution >= 0.6 is 32.9 Å². The van der Waals surface area contributed by atoms with Crippen LogP contribution in [0.2, 0.25) is 5.02 Å². The first kappa shape index (κ1) is 8.12. The Balaban J connectivity index is 2.35. The number of amidine groups is 1. The molecule has 0 aliphatic carbocycles. The smallest absolute Gasteiger partial charge is 0.186 e. The van der Waals surface area contributed by atoms with Crippen LogP contribution in [-0.4, -0.2) is 5.84 Å². The highest BCUT2D eigenvalue weighted by Gasteiger charge is 2.04. The van der Waals surface area contributed by atoms with Crippen molar-refractivity contribution in [1.82, 2.24) is 3.64 Å². The van der Waals surface area contributed by atoms with Crippen LogP contribution in [0, 0.1) is 0 Å². The maximum Gasteiger partial charge on any atom is 0.186 e. The fraction of sp³-hybridized carbons (Fsp3) is 0. The van der Waals surface area contributed by atoms with E-state index in [0.29, 0.717) is 0 Å². The summed E-state index contributed by atoms with van der Waals surface area (Å²) in [6.45, 7) is 0. The van der Waals surface area contributed by atoms with Gasteiger partial charge in [-0.25, -0.2) is 3.64 Å². The quantitative estimate of drug-likeness (QED) is 0.627. The molecule has 1 aliphatic heterocycles. The number of hydrazone groups is 1. The van der Waals surface area contributed by atoms with Crippen molar-refractivity contribution in [3.05, 3.63) is 34.9 Å². The first-order valence-electron chi connectivity index (χ1n) is 3.29. The number of nitrogens with one attached hydrogen (secondary N) is 1. The zero-order valence-electron chi connectivity index (χ0n) is 5.96. The van der Waals surface area contributed by atoms with Gasteiger partial charge in [0.05, 0.1) is 0 Å². The van der Waals surface area contributed by atoms with E-state index in [-0.39, 0.29) is 21.3 Å². The van der Waals surface area contributed by atoms with Crippen molar-refractivity contribution in [2.75, 3.05) is 0 Å². The molecule has 0 bridgehead atoms. The van der Waals surface area contributed by atoms with Crippen LogP contribution in [0.3, 0.4) is 0 Å². The van der Waals surface area contributed by atoms with Crippen LogP contribution in [0.25, 0.3) is 0 Å². The third-order valence-electron chi connectivity index (χ3n) is 1.41. The van der Waals surface area contributed by atoms with Crippen molar-refractivity contribution < 1.29 is 0 Å². The van der Waals surface area contributed by atoms with E-state index in [4.69, 9.17) is 11.6 Å². The van der Waals surface area contributed by atoms with E-state index in [1.807, 2.05) is 24.3 Å². The van der Waals surface area contributed by atoms with Gasteiger partial charge in [-0.05, 0) is 24.3 Å². The van der Waals surface area contributed by atoms with E-state index in [0.717, 1.165) is 16.4 Å². The van der Waals surface area contributed by atoms with Gasteiger partial charge in [-0.1, -0.05) is 11.6 Å². The molecule has 0 atom stereocenters. The Morgan fingerprint density at radius 1 is 1.25 bits per heavy atom.